The largest absolute Gasteiger partial charge is 0.451 e. The highest BCUT2D eigenvalue weighted by Crippen LogP contribution is 2.29. The molecule has 0 aliphatic carbocycles. The van der Waals surface area contributed by atoms with E-state index in [1.807, 2.05) is 0 Å². The molecule has 0 atom stereocenters. The Morgan fingerprint density at radius 2 is 1.94 bits per heavy atom. The second-order valence-electron chi connectivity index (χ2n) is 2.87. The van der Waals surface area contributed by atoms with Crippen LogP contribution in [-0.2, 0) is 6.18 Å². The van der Waals surface area contributed by atoms with Crippen molar-refractivity contribution in [3.63, 3.8) is 0 Å². The number of imidazole rings is 1. The smallest absolute Gasteiger partial charge is 0.371 e. The van der Waals surface area contributed by atoms with Gasteiger partial charge in [0.15, 0.2) is 16.2 Å². The van der Waals surface area contributed by atoms with Crippen molar-refractivity contribution in [3.8, 4) is 0 Å². The molecule has 0 aliphatic heterocycles. The zero-order valence-electron chi connectivity index (χ0n) is 7.85. The van der Waals surface area contributed by atoms with Crippen LogP contribution < -0.4 is 5.32 Å². The number of hydrogen-bond donors (Lipinski definition) is 2. The van der Waals surface area contributed by atoms with E-state index in [4.69, 9.17) is 0 Å². The normalized spacial score (nSPS) is 12.1. The number of halogens is 4. The maximum absolute atomic E-state index is 12.4. The van der Waals surface area contributed by atoms with Crippen LogP contribution in [-0.4, -0.2) is 27.0 Å². The molecule has 16 heavy (non-hydrogen) atoms. The van der Waals surface area contributed by atoms with Gasteiger partial charge in [-0.3, -0.25) is 0 Å². The van der Waals surface area contributed by atoms with Gasteiger partial charge in [0.2, 0.25) is 5.82 Å². The molecule has 0 saturated carbocycles. The van der Waals surface area contributed by atoms with Crippen molar-refractivity contribution in [1.29, 1.82) is 0 Å². The quantitative estimate of drug-likeness (QED) is 0.792. The topological polar surface area (TPSA) is 66.5 Å². The van der Waals surface area contributed by atoms with Crippen LogP contribution in [0.4, 0.5) is 19.0 Å². The molecule has 9 heteroatoms. The van der Waals surface area contributed by atoms with Crippen LogP contribution >= 0.6 is 15.9 Å². The molecule has 0 spiro atoms. The molecular formula is C7H5BrF3N5. The summed E-state index contributed by atoms with van der Waals surface area (Å²) in [5.41, 5.74) is 0.279. The van der Waals surface area contributed by atoms with Gasteiger partial charge < -0.3 is 10.3 Å². The predicted octanol–water partition coefficient (Wildman–Crippen LogP) is 2.18. The van der Waals surface area contributed by atoms with E-state index < -0.39 is 12.0 Å². The number of nitrogens with zero attached hydrogens (tertiary/aromatic N) is 3. The first-order chi connectivity index (χ1) is 7.41. The fourth-order valence-corrected chi connectivity index (χ4v) is 1.54. The molecule has 0 saturated heterocycles. The maximum Gasteiger partial charge on any atom is 0.451 e. The summed E-state index contributed by atoms with van der Waals surface area (Å²) in [4.78, 5) is 13.2. The number of rotatable bonds is 1. The Morgan fingerprint density at radius 3 is 2.50 bits per heavy atom. The van der Waals surface area contributed by atoms with Gasteiger partial charge in [-0.05, 0) is 15.9 Å². The molecule has 2 rings (SSSR count). The highest BCUT2D eigenvalue weighted by molar-refractivity contribution is 9.10. The molecule has 2 N–H and O–H groups in total. The molecule has 0 aliphatic rings. The monoisotopic (exact) mass is 295 g/mol. The highest BCUT2D eigenvalue weighted by atomic mass is 79.9. The molecule has 0 fully saturated rings. The van der Waals surface area contributed by atoms with E-state index in [1.54, 1.807) is 0 Å². The summed E-state index contributed by atoms with van der Waals surface area (Å²) in [7, 11) is 1.47. The number of nitrogens with one attached hydrogen (secondary N) is 2. The minimum atomic E-state index is -4.59. The van der Waals surface area contributed by atoms with Crippen molar-refractivity contribution in [1.82, 2.24) is 19.9 Å². The SMILES string of the molecule is CNc1nc(C(F)(F)F)nc2nc(Br)[nH]c12. The van der Waals surface area contributed by atoms with Crippen molar-refractivity contribution >= 4 is 32.9 Å². The average Bonchev–Trinajstić information content (AvgIpc) is 2.54. The van der Waals surface area contributed by atoms with Crippen molar-refractivity contribution < 1.29 is 13.2 Å². The predicted molar refractivity (Wildman–Crippen MR) is 53.9 cm³/mol. The number of H-pyrrole nitrogens is 1. The minimum absolute atomic E-state index is 0.0430. The molecule has 86 valence electrons. The standard InChI is InChI=1S/C7H5BrF3N5/c1-12-3-2-4(16-6(8)13-2)15-5(14-3)7(9,10)11/h1H3,(H2,12,13,14,15,16). The first kappa shape index (κ1) is 11.1. The van der Waals surface area contributed by atoms with Crippen LogP contribution in [0.2, 0.25) is 0 Å². The van der Waals surface area contributed by atoms with Gasteiger partial charge >= 0.3 is 6.18 Å². The van der Waals surface area contributed by atoms with E-state index in [0.29, 0.717) is 10.3 Å². The fraction of sp³-hybridized carbons (Fsp3) is 0.286. The molecule has 0 aromatic carbocycles. The molecule has 0 amide bonds. The summed E-state index contributed by atoms with van der Waals surface area (Å²) in [6.45, 7) is 0. The Balaban J connectivity index is 2.72. The summed E-state index contributed by atoms with van der Waals surface area (Å²) in [5.74, 6) is -1.17. The third-order valence-corrected chi connectivity index (χ3v) is 2.19. The van der Waals surface area contributed by atoms with Gasteiger partial charge in [0.1, 0.15) is 5.52 Å². The Morgan fingerprint density at radius 1 is 1.25 bits per heavy atom. The lowest BCUT2D eigenvalue weighted by Gasteiger charge is -2.06. The van der Waals surface area contributed by atoms with Gasteiger partial charge in [-0.1, -0.05) is 0 Å². The lowest BCUT2D eigenvalue weighted by Crippen LogP contribution is -2.12. The number of fused-ring (bicyclic) bond motifs is 1. The first-order valence-electron chi connectivity index (χ1n) is 4.10. The lowest BCUT2D eigenvalue weighted by molar-refractivity contribution is -0.144. The van der Waals surface area contributed by atoms with E-state index in [-0.39, 0.29) is 11.5 Å². The first-order valence-corrected chi connectivity index (χ1v) is 4.89. The number of alkyl halides is 3. The van der Waals surface area contributed by atoms with Crippen LogP contribution in [0.1, 0.15) is 5.82 Å². The Labute approximate surface area is 95.6 Å². The van der Waals surface area contributed by atoms with Gasteiger partial charge in [-0.2, -0.15) is 13.2 Å². The molecule has 2 aromatic rings. The van der Waals surface area contributed by atoms with Crippen LogP contribution in [0.3, 0.4) is 0 Å². The molecular weight excluding hydrogens is 291 g/mol. The van der Waals surface area contributed by atoms with Crippen molar-refractivity contribution in [3.05, 3.63) is 10.6 Å². The number of hydrogen-bond acceptors (Lipinski definition) is 4. The van der Waals surface area contributed by atoms with Gasteiger partial charge in [0.05, 0.1) is 0 Å². The third-order valence-electron chi connectivity index (χ3n) is 1.81. The average molecular weight is 296 g/mol. The summed E-state index contributed by atoms with van der Waals surface area (Å²) < 4.78 is 37.6. The molecule has 0 unspecified atom stereocenters. The zero-order chi connectivity index (χ0) is 11.9. The number of anilines is 1. The Bertz CT molecular complexity index is 535. The summed E-state index contributed by atoms with van der Waals surface area (Å²) in [5, 5.41) is 2.55. The van der Waals surface area contributed by atoms with Crippen molar-refractivity contribution in [2.75, 3.05) is 12.4 Å². The summed E-state index contributed by atoms with van der Waals surface area (Å²) in [6.07, 6.45) is -4.59. The summed E-state index contributed by atoms with van der Waals surface area (Å²) >= 11 is 3.02. The van der Waals surface area contributed by atoms with E-state index in [9.17, 15) is 13.2 Å². The van der Waals surface area contributed by atoms with Crippen molar-refractivity contribution in [2.24, 2.45) is 0 Å². The molecule has 5 nitrogen and oxygen atoms in total. The van der Waals surface area contributed by atoms with Crippen LogP contribution in [0.5, 0.6) is 0 Å². The van der Waals surface area contributed by atoms with E-state index in [1.165, 1.54) is 7.05 Å². The third kappa shape index (κ3) is 1.82. The van der Waals surface area contributed by atoms with Gasteiger partial charge in [0, 0.05) is 7.05 Å². The maximum atomic E-state index is 12.4. The van der Waals surface area contributed by atoms with Crippen molar-refractivity contribution in [2.45, 2.75) is 6.18 Å². The number of aromatic nitrogens is 4. The van der Waals surface area contributed by atoms with Gasteiger partial charge in [-0.15, -0.1) is 0 Å². The minimum Gasteiger partial charge on any atom is -0.371 e. The lowest BCUT2D eigenvalue weighted by atomic mass is 10.4. The highest BCUT2D eigenvalue weighted by Gasteiger charge is 2.36. The second kappa shape index (κ2) is 3.58. The van der Waals surface area contributed by atoms with Gasteiger partial charge in [-0.25, -0.2) is 15.0 Å². The van der Waals surface area contributed by atoms with E-state index >= 15 is 0 Å². The molecule has 2 aromatic heterocycles. The van der Waals surface area contributed by atoms with Gasteiger partial charge in [0.25, 0.3) is 0 Å². The van der Waals surface area contributed by atoms with Crippen LogP contribution in [0.15, 0.2) is 4.73 Å². The Kier molecular flexibility index (Phi) is 2.49. The molecule has 0 bridgehead atoms. The fourth-order valence-electron chi connectivity index (χ4n) is 1.18. The Hall–Kier alpha value is -1.38. The molecule has 2 heterocycles. The number of aromatic amines is 1. The van der Waals surface area contributed by atoms with E-state index in [0.717, 1.165) is 0 Å². The molecule has 0 radical (unpaired) electrons. The summed E-state index contributed by atoms with van der Waals surface area (Å²) in [6, 6.07) is 0. The van der Waals surface area contributed by atoms with E-state index in [2.05, 4.69) is 41.2 Å². The second-order valence-corrected chi connectivity index (χ2v) is 3.62. The van der Waals surface area contributed by atoms with Crippen LogP contribution in [0.25, 0.3) is 11.2 Å². The zero-order valence-corrected chi connectivity index (χ0v) is 9.44. The van der Waals surface area contributed by atoms with Crippen LogP contribution in [0, 0.1) is 0 Å².